The minimum atomic E-state index is -0.835. The summed E-state index contributed by atoms with van der Waals surface area (Å²) in [7, 11) is 0. The zero-order valence-corrected chi connectivity index (χ0v) is 12.0. The third kappa shape index (κ3) is 4.14. The number of carbonyl (C=O) groups is 2. The number of oxazole rings is 1. The molecule has 1 aromatic carbocycles. The van der Waals surface area contributed by atoms with Crippen LogP contribution in [0.15, 0.2) is 27.8 Å². The molecular formula is C12H12ClN3O3S. The number of carbonyl (C=O) groups excluding carboxylic acids is 2. The van der Waals surface area contributed by atoms with Gasteiger partial charge in [-0.1, -0.05) is 23.4 Å². The highest BCUT2D eigenvalue weighted by molar-refractivity contribution is 7.99. The standard InChI is InChI=1S/C12H12ClN3O3S/c13-7-3-4-9-8(6-7)15-12(19-9)20-5-1-2-10(17)16-11(14)18/h3-4,6H,1-2,5H2,(H3,14,16,17,18). The molecule has 0 aliphatic carbocycles. The average molecular weight is 314 g/mol. The van der Waals surface area contributed by atoms with Crippen molar-refractivity contribution in [3.8, 4) is 0 Å². The maximum absolute atomic E-state index is 11.2. The minimum Gasteiger partial charge on any atom is -0.431 e. The second kappa shape index (κ2) is 6.62. The molecule has 0 bridgehead atoms. The first kappa shape index (κ1) is 14.7. The number of hydrogen-bond acceptors (Lipinski definition) is 5. The first-order valence-corrected chi connectivity index (χ1v) is 7.19. The number of aromatic nitrogens is 1. The zero-order valence-electron chi connectivity index (χ0n) is 10.4. The molecule has 3 amide bonds. The second-order valence-electron chi connectivity index (χ2n) is 3.96. The Balaban J connectivity index is 1.81. The van der Waals surface area contributed by atoms with Crippen LogP contribution in [0.4, 0.5) is 4.79 Å². The largest absolute Gasteiger partial charge is 0.431 e. The number of hydrogen-bond donors (Lipinski definition) is 2. The lowest BCUT2D eigenvalue weighted by Gasteiger charge is -1.99. The second-order valence-corrected chi connectivity index (χ2v) is 5.44. The summed E-state index contributed by atoms with van der Waals surface area (Å²) < 4.78 is 5.51. The molecule has 0 saturated carbocycles. The quantitative estimate of drug-likeness (QED) is 0.653. The van der Waals surface area contributed by atoms with Gasteiger partial charge < -0.3 is 10.2 Å². The van der Waals surface area contributed by atoms with Crippen molar-refractivity contribution >= 4 is 46.4 Å². The topological polar surface area (TPSA) is 98.2 Å². The van der Waals surface area contributed by atoms with Crippen LogP contribution in [0.25, 0.3) is 11.1 Å². The van der Waals surface area contributed by atoms with Gasteiger partial charge in [-0.3, -0.25) is 10.1 Å². The monoisotopic (exact) mass is 313 g/mol. The van der Waals surface area contributed by atoms with Gasteiger partial charge in [-0.25, -0.2) is 9.78 Å². The van der Waals surface area contributed by atoms with Crippen LogP contribution < -0.4 is 11.1 Å². The first-order valence-electron chi connectivity index (χ1n) is 5.83. The molecule has 2 rings (SSSR count). The van der Waals surface area contributed by atoms with Crippen molar-refractivity contribution in [3.05, 3.63) is 23.2 Å². The molecule has 106 valence electrons. The molecule has 1 heterocycles. The van der Waals surface area contributed by atoms with Crippen molar-refractivity contribution in [2.45, 2.75) is 18.1 Å². The third-order valence-corrected chi connectivity index (χ3v) is 3.52. The van der Waals surface area contributed by atoms with Gasteiger partial charge in [-0.05, 0) is 24.6 Å². The Morgan fingerprint density at radius 1 is 1.45 bits per heavy atom. The molecule has 8 heteroatoms. The molecule has 0 aliphatic heterocycles. The van der Waals surface area contributed by atoms with E-state index < -0.39 is 6.03 Å². The molecule has 0 unspecified atom stereocenters. The maximum Gasteiger partial charge on any atom is 0.318 e. The third-order valence-electron chi connectivity index (χ3n) is 2.37. The van der Waals surface area contributed by atoms with Gasteiger partial charge in [-0.2, -0.15) is 0 Å². The lowest BCUT2D eigenvalue weighted by molar-refractivity contribution is -0.119. The summed E-state index contributed by atoms with van der Waals surface area (Å²) in [6.45, 7) is 0. The molecule has 2 aromatic rings. The van der Waals surface area contributed by atoms with Crippen molar-refractivity contribution < 1.29 is 14.0 Å². The normalized spacial score (nSPS) is 10.7. The fraction of sp³-hybridized carbons (Fsp3) is 0.250. The molecule has 0 radical (unpaired) electrons. The summed E-state index contributed by atoms with van der Waals surface area (Å²) in [5, 5.41) is 3.13. The summed E-state index contributed by atoms with van der Waals surface area (Å²) in [5.74, 6) is 0.259. The Morgan fingerprint density at radius 3 is 3.00 bits per heavy atom. The van der Waals surface area contributed by atoms with Crippen LogP contribution in [0.3, 0.4) is 0 Å². The highest BCUT2D eigenvalue weighted by Gasteiger charge is 2.08. The molecule has 0 fully saturated rings. The van der Waals surface area contributed by atoms with E-state index in [9.17, 15) is 9.59 Å². The van der Waals surface area contributed by atoms with Gasteiger partial charge >= 0.3 is 6.03 Å². The Morgan fingerprint density at radius 2 is 2.25 bits per heavy atom. The van der Waals surface area contributed by atoms with E-state index in [1.165, 1.54) is 11.8 Å². The number of benzene rings is 1. The molecule has 0 atom stereocenters. The molecule has 0 aliphatic rings. The summed E-state index contributed by atoms with van der Waals surface area (Å²) in [5.41, 5.74) is 6.20. The number of nitrogens with one attached hydrogen (secondary N) is 1. The molecule has 0 spiro atoms. The number of fused-ring (bicyclic) bond motifs is 1. The smallest absolute Gasteiger partial charge is 0.318 e. The van der Waals surface area contributed by atoms with Gasteiger partial charge in [0.1, 0.15) is 5.52 Å². The Hall–Kier alpha value is -1.73. The van der Waals surface area contributed by atoms with Gasteiger partial charge in [0.05, 0.1) is 0 Å². The molecule has 3 N–H and O–H groups in total. The minimum absolute atomic E-state index is 0.224. The first-order chi connectivity index (χ1) is 9.54. The molecule has 6 nitrogen and oxygen atoms in total. The Bertz CT molecular complexity index is 644. The molecular weight excluding hydrogens is 302 g/mol. The number of halogens is 1. The van der Waals surface area contributed by atoms with Gasteiger partial charge in [0.15, 0.2) is 5.58 Å². The van der Waals surface area contributed by atoms with Crippen molar-refractivity contribution in [1.29, 1.82) is 0 Å². The van der Waals surface area contributed by atoms with E-state index in [1.54, 1.807) is 18.2 Å². The van der Waals surface area contributed by atoms with Crippen molar-refractivity contribution in [1.82, 2.24) is 10.3 Å². The van der Waals surface area contributed by atoms with Crippen LogP contribution in [0.5, 0.6) is 0 Å². The number of amides is 3. The van der Waals surface area contributed by atoms with Crippen molar-refractivity contribution in [2.75, 3.05) is 5.75 Å². The number of imide groups is 1. The van der Waals surface area contributed by atoms with Crippen LogP contribution in [-0.2, 0) is 4.79 Å². The number of urea groups is 1. The van der Waals surface area contributed by atoms with Crippen LogP contribution in [-0.4, -0.2) is 22.7 Å². The van der Waals surface area contributed by atoms with Crippen LogP contribution in [0.1, 0.15) is 12.8 Å². The Kier molecular flexibility index (Phi) is 4.86. The van der Waals surface area contributed by atoms with Crippen LogP contribution >= 0.6 is 23.4 Å². The van der Waals surface area contributed by atoms with E-state index >= 15 is 0 Å². The van der Waals surface area contributed by atoms with E-state index in [2.05, 4.69) is 4.98 Å². The fourth-order valence-electron chi connectivity index (χ4n) is 1.53. The summed E-state index contributed by atoms with van der Waals surface area (Å²) in [6, 6.07) is 4.38. The highest BCUT2D eigenvalue weighted by atomic mass is 35.5. The predicted octanol–water partition coefficient (Wildman–Crippen LogP) is 2.55. The van der Waals surface area contributed by atoms with Gasteiger partial charge in [0, 0.05) is 17.2 Å². The van der Waals surface area contributed by atoms with Gasteiger partial charge in [-0.15, -0.1) is 0 Å². The SMILES string of the molecule is NC(=O)NC(=O)CCCSc1nc2cc(Cl)ccc2o1. The van der Waals surface area contributed by atoms with Crippen molar-refractivity contribution in [3.63, 3.8) is 0 Å². The number of nitrogens with zero attached hydrogens (tertiary/aromatic N) is 1. The summed E-state index contributed by atoms with van der Waals surface area (Å²) in [6.07, 6.45) is 0.811. The molecule has 0 saturated heterocycles. The van der Waals surface area contributed by atoms with E-state index in [-0.39, 0.29) is 12.3 Å². The van der Waals surface area contributed by atoms with Crippen LogP contribution in [0.2, 0.25) is 5.02 Å². The zero-order chi connectivity index (χ0) is 14.5. The van der Waals surface area contributed by atoms with Crippen LogP contribution in [0, 0.1) is 0 Å². The van der Waals surface area contributed by atoms with E-state index in [1.807, 2.05) is 5.32 Å². The molecule has 20 heavy (non-hydrogen) atoms. The Labute approximate surface area is 124 Å². The van der Waals surface area contributed by atoms with Gasteiger partial charge in [0.25, 0.3) is 5.22 Å². The van der Waals surface area contributed by atoms with E-state index in [4.69, 9.17) is 21.8 Å². The molecule has 1 aromatic heterocycles. The lowest BCUT2D eigenvalue weighted by Crippen LogP contribution is -2.34. The van der Waals surface area contributed by atoms with E-state index in [0.717, 1.165) is 0 Å². The summed E-state index contributed by atoms with van der Waals surface area (Å²) >= 11 is 7.26. The average Bonchev–Trinajstić information content (AvgIpc) is 2.75. The number of thioether (sulfide) groups is 1. The lowest BCUT2D eigenvalue weighted by atomic mass is 10.3. The predicted molar refractivity (Wildman–Crippen MR) is 76.7 cm³/mol. The maximum atomic E-state index is 11.2. The van der Waals surface area contributed by atoms with Gasteiger partial charge in [0.2, 0.25) is 5.91 Å². The number of rotatable bonds is 5. The van der Waals surface area contributed by atoms with E-state index in [0.29, 0.717) is 33.5 Å². The number of nitrogens with two attached hydrogens (primary N) is 1. The summed E-state index contributed by atoms with van der Waals surface area (Å²) in [4.78, 5) is 25.9. The highest BCUT2D eigenvalue weighted by Crippen LogP contribution is 2.25. The van der Waals surface area contributed by atoms with Crippen molar-refractivity contribution in [2.24, 2.45) is 5.73 Å². The fourth-order valence-corrected chi connectivity index (χ4v) is 2.47. The number of primary amides is 1.